The van der Waals surface area contributed by atoms with E-state index >= 15 is 0 Å². The maximum atomic E-state index is 12.3. The first-order chi connectivity index (χ1) is 13.7. The molecule has 144 valence electrons. The fraction of sp³-hybridized carbons (Fsp3) is 0.227. The molecule has 1 aromatic carbocycles. The molecule has 0 aliphatic carbocycles. The molecule has 0 atom stereocenters. The summed E-state index contributed by atoms with van der Waals surface area (Å²) in [7, 11) is 0. The Morgan fingerprint density at radius 2 is 1.82 bits per heavy atom. The smallest absolute Gasteiger partial charge is 0.270 e. The molecule has 2 heterocycles. The number of aromatic nitrogens is 2. The Bertz CT molecular complexity index is 926. The van der Waals surface area contributed by atoms with E-state index < -0.39 is 0 Å². The molecule has 0 saturated heterocycles. The third-order valence-electron chi connectivity index (χ3n) is 3.92. The van der Waals surface area contributed by atoms with Gasteiger partial charge in [-0.3, -0.25) is 4.79 Å². The van der Waals surface area contributed by atoms with E-state index in [1.165, 1.54) is 0 Å². The quantitative estimate of drug-likeness (QED) is 0.634. The van der Waals surface area contributed by atoms with Crippen LogP contribution in [0.15, 0.2) is 60.8 Å². The summed E-state index contributed by atoms with van der Waals surface area (Å²) in [4.78, 5) is 20.8. The van der Waals surface area contributed by atoms with Crippen LogP contribution in [0.3, 0.4) is 0 Å². The molecule has 0 aliphatic heterocycles. The molecule has 0 unspecified atom stereocenters. The van der Waals surface area contributed by atoms with Crippen molar-refractivity contribution in [1.29, 1.82) is 0 Å². The maximum Gasteiger partial charge on any atom is 0.270 e. The summed E-state index contributed by atoms with van der Waals surface area (Å²) in [5.74, 6) is 1.65. The van der Waals surface area contributed by atoms with Gasteiger partial charge in [-0.2, -0.15) is 0 Å². The van der Waals surface area contributed by atoms with Crippen molar-refractivity contribution >= 4 is 5.91 Å². The van der Waals surface area contributed by atoms with Gasteiger partial charge in [0.2, 0.25) is 5.88 Å². The summed E-state index contributed by atoms with van der Waals surface area (Å²) in [5, 5.41) is 2.86. The minimum absolute atomic E-state index is 0.240. The summed E-state index contributed by atoms with van der Waals surface area (Å²) < 4.78 is 11.5. The number of ether oxygens (including phenoxy) is 2. The highest BCUT2D eigenvalue weighted by Crippen LogP contribution is 2.25. The summed E-state index contributed by atoms with van der Waals surface area (Å²) >= 11 is 0. The minimum atomic E-state index is -0.240. The molecule has 0 fully saturated rings. The number of rotatable bonds is 8. The molecule has 0 radical (unpaired) electrons. The van der Waals surface area contributed by atoms with E-state index in [1.54, 1.807) is 18.3 Å². The van der Waals surface area contributed by atoms with Gasteiger partial charge in [0.25, 0.3) is 5.91 Å². The van der Waals surface area contributed by atoms with E-state index in [4.69, 9.17) is 9.47 Å². The first-order valence-corrected chi connectivity index (χ1v) is 9.22. The van der Waals surface area contributed by atoms with E-state index in [9.17, 15) is 4.79 Å². The molecule has 3 rings (SSSR count). The van der Waals surface area contributed by atoms with Crippen LogP contribution in [-0.4, -0.2) is 22.5 Å². The number of benzene rings is 1. The molecule has 0 spiro atoms. The monoisotopic (exact) mass is 377 g/mol. The van der Waals surface area contributed by atoms with Crippen molar-refractivity contribution in [3.8, 4) is 17.4 Å². The highest BCUT2D eigenvalue weighted by molar-refractivity contribution is 5.92. The Labute approximate surface area is 164 Å². The lowest BCUT2D eigenvalue weighted by Crippen LogP contribution is -2.24. The highest BCUT2D eigenvalue weighted by Gasteiger charge is 2.11. The van der Waals surface area contributed by atoms with Crippen molar-refractivity contribution in [2.24, 2.45) is 0 Å². The zero-order chi connectivity index (χ0) is 19.8. The van der Waals surface area contributed by atoms with Crippen molar-refractivity contribution in [2.45, 2.75) is 26.8 Å². The van der Waals surface area contributed by atoms with Gasteiger partial charge in [-0.05, 0) is 55.8 Å². The molecule has 0 bridgehead atoms. The van der Waals surface area contributed by atoms with Crippen LogP contribution in [0.5, 0.6) is 17.4 Å². The largest absolute Gasteiger partial charge is 0.494 e. The number of amides is 1. The molecular formula is C22H23N3O3. The van der Waals surface area contributed by atoms with E-state index in [0.717, 1.165) is 23.4 Å². The number of nitrogens with zero attached hydrogens (tertiary/aromatic N) is 2. The molecular weight excluding hydrogens is 354 g/mol. The fourth-order valence-corrected chi connectivity index (χ4v) is 2.52. The van der Waals surface area contributed by atoms with Gasteiger partial charge in [-0.1, -0.05) is 19.1 Å². The molecule has 1 N–H and O–H groups in total. The predicted octanol–water partition coefficient (Wildman–Crippen LogP) is 4.30. The van der Waals surface area contributed by atoms with Crippen LogP contribution in [0.4, 0.5) is 0 Å². The van der Waals surface area contributed by atoms with Crippen LogP contribution in [0.1, 0.15) is 35.1 Å². The maximum absolute atomic E-state index is 12.3. The van der Waals surface area contributed by atoms with Crippen LogP contribution in [0.2, 0.25) is 0 Å². The number of aryl methyl sites for hydroxylation is 1. The SMILES string of the molecule is CCCOc1ccc(Oc2ncccc2CNC(=O)c2cccc(C)n2)cc1. The average molecular weight is 377 g/mol. The lowest BCUT2D eigenvalue weighted by molar-refractivity contribution is 0.0945. The molecule has 0 aliphatic rings. The van der Waals surface area contributed by atoms with Gasteiger partial charge >= 0.3 is 0 Å². The molecule has 28 heavy (non-hydrogen) atoms. The van der Waals surface area contributed by atoms with Gasteiger partial charge in [0, 0.05) is 24.0 Å². The fourth-order valence-electron chi connectivity index (χ4n) is 2.52. The Morgan fingerprint density at radius 3 is 2.57 bits per heavy atom. The zero-order valence-electron chi connectivity index (χ0n) is 16.0. The number of hydrogen-bond donors (Lipinski definition) is 1. The van der Waals surface area contributed by atoms with Gasteiger partial charge in [-0.25, -0.2) is 9.97 Å². The van der Waals surface area contributed by atoms with Crippen LogP contribution in [0, 0.1) is 6.92 Å². The lowest BCUT2D eigenvalue weighted by Gasteiger charge is -2.11. The third kappa shape index (κ3) is 5.30. The molecule has 1 amide bonds. The second-order valence-electron chi connectivity index (χ2n) is 6.24. The minimum Gasteiger partial charge on any atom is -0.494 e. The van der Waals surface area contributed by atoms with Gasteiger partial charge in [0.05, 0.1) is 6.61 Å². The average Bonchev–Trinajstić information content (AvgIpc) is 2.72. The first-order valence-electron chi connectivity index (χ1n) is 9.22. The van der Waals surface area contributed by atoms with Crippen molar-refractivity contribution in [2.75, 3.05) is 6.61 Å². The Balaban J connectivity index is 1.65. The summed E-state index contributed by atoms with van der Waals surface area (Å²) in [6.07, 6.45) is 2.61. The van der Waals surface area contributed by atoms with Crippen LogP contribution in [0.25, 0.3) is 0 Å². The van der Waals surface area contributed by atoms with Crippen molar-refractivity contribution in [3.05, 3.63) is 77.7 Å². The molecule has 3 aromatic rings. The normalized spacial score (nSPS) is 10.4. The molecule has 0 saturated carbocycles. The van der Waals surface area contributed by atoms with Gasteiger partial charge in [0.15, 0.2) is 0 Å². The van der Waals surface area contributed by atoms with E-state index in [2.05, 4.69) is 22.2 Å². The first kappa shape index (κ1) is 19.4. The molecule has 6 heteroatoms. The van der Waals surface area contributed by atoms with Gasteiger partial charge in [-0.15, -0.1) is 0 Å². The highest BCUT2D eigenvalue weighted by atomic mass is 16.5. The van der Waals surface area contributed by atoms with Gasteiger partial charge in [0.1, 0.15) is 17.2 Å². The van der Waals surface area contributed by atoms with E-state index in [0.29, 0.717) is 23.9 Å². The van der Waals surface area contributed by atoms with Crippen LogP contribution < -0.4 is 14.8 Å². The number of pyridine rings is 2. The van der Waals surface area contributed by atoms with Gasteiger partial charge < -0.3 is 14.8 Å². The predicted molar refractivity (Wildman–Crippen MR) is 107 cm³/mol. The Morgan fingerprint density at radius 1 is 1.04 bits per heavy atom. The lowest BCUT2D eigenvalue weighted by atomic mass is 10.2. The zero-order valence-corrected chi connectivity index (χ0v) is 16.0. The van der Waals surface area contributed by atoms with Crippen molar-refractivity contribution in [1.82, 2.24) is 15.3 Å². The van der Waals surface area contributed by atoms with E-state index in [-0.39, 0.29) is 12.5 Å². The van der Waals surface area contributed by atoms with Crippen molar-refractivity contribution < 1.29 is 14.3 Å². The Hall–Kier alpha value is -3.41. The number of carbonyl (C=O) groups is 1. The Kier molecular flexibility index (Phi) is 6.57. The second-order valence-corrected chi connectivity index (χ2v) is 6.24. The number of nitrogens with one attached hydrogen (secondary N) is 1. The molecule has 6 nitrogen and oxygen atoms in total. The summed E-state index contributed by atoms with van der Waals surface area (Å²) in [6.45, 7) is 4.88. The summed E-state index contributed by atoms with van der Waals surface area (Å²) in [5.41, 5.74) is 1.95. The summed E-state index contributed by atoms with van der Waals surface area (Å²) in [6, 6.07) is 16.4. The molecule has 2 aromatic heterocycles. The number of carbonyl (C=O) groups excluding carboxylic acids is 1. The second kappa shape index (κ2) is 9.50. The van der Waals surface area contributed by atoms with Crippen LogP contribution >= 0.6 is 0 Å². The van der Waals surface area contributed by atoms with Crippen molar-refractivity contribution in [3.63, 3.8) is 0 Å². The van der Waals surface area contributed by atoms with E-state index in [1.807, 2.05) is 49.4 Å². The standard InChI is InChI=1S/C22H23N3O3/c1-3-14-27-18-9-11-19(12-10-18)28-22-17(7-5-13-23-22)15-24-21(26)20-8-4-6-16(2)25-20/h4-13H,3,14-15H2,1-2H3,(H,24,26). The third-order valence-corrected chi connectivity index (χ3v) is 3.92. The van der Waals surface area contributed by atoms with Crippen LogP contribution in [-0.2, 0) is 6.54 Å². The topological polar surface area (TPSA) is 73.3 Å². The number of hydrogen-bond acceptors (Lipinski definition) is 5.